The van der Waals surface area contributed by atoms with Crippen LogP contribution in [0.4, 0.5) is 5.00 Å². The second-order valence-electron chi connectivity index (χ2n) is 3.08. The van der Waals surface area contributed by atoms with Crippen molar-refractivity contribution in [2.24, 2.45) is 0 Å². The fourth-order valence-corrected chi connectivity index (χ4v) is 2.36. The van der Waals surface area contributed by atoms with Crippen LogP contribution in [0.15, 0.2) is 0 Å². The molecule has 0 radical (unpaired) electrons. The lowest BCUT2D eigenvalue weighted by molar-refractivity contribution is 0.123. The van der Waals surface area contributed by atoms with Crippen LogP contribution in [0, 0.1) is 0 Å². The summed E-state index contributed by atoms with van der Waals surface area (Å²) in [5.74, 6) is 0. The monoisotopic (exact) mass is 229 g/mol. The SMILES string of the molecule is CC(=S)c1nnsc1N1CCOCC1. The van der Waals surface area contributed by atoms with Crippen molar-refractivity contribution < 1.29 is 4.74 Å². The van der Waals surface area contributed by atoms with Gasteiger partial charge < -0.3 is 9.64 Å². The topological polar surface area (TPSA) is 38.2 Å². The molecule has 0 saturated carbocycles. The Kier molecular flexibility index (Phi) is 3.05. The molecule has 1 aliphatic heterocycles. The molecule has 0 N–H and O–H groups in total. The molecule has 1 aromatic heterocycles. The number of ether oxygens (including phenoxy) is 1. The van der Waals surface area contributed by atoms with Gasteiger partial charge in [-0.05, 0) is 6.92 Å². The van der Waals surface area contributed by atoms with Gasteiger partial charge in [-0.1, -0.05) is 16.7 Å². The van der Waals surface area contributed by atoms with Crippen LogP contribution in [0.25, 0.3) is 0 Å². The Hall–Kier alpha value is -0.590. The van der Waals surface area contributed by atoms with E-state index in [0.29, 0.717) is 0 Å². The molecular weight excluding hydrogens is 218 g/mol. The molecule has 0 spiro atoms. The molecule has 0 aliphatic carbocycles. The lowest BCUT2D eigenvalue weighted by Crippen LogP contribution is -2.36. The summed E-state index contributed by atoms with van der Waals surface area (Å²) in [6, 6.07) is 0. The van der Waals surface area contributed by atoms with Gasteiger partial charge in [0.25, 0.3) is 0 Å². The van der Waals surface area contributed by atoms with Crippen LogP contribution in [0.5, 0.6) is 0 Å². The molecule has 1 aliphatic rings. The first kappa shape index (κ1) is 9.95. The zero-order chi connectivity index (χ0) is 9.97. The maximum absolute atomic E-state index is 5.29. The summed E-state index contributed by atoms with van der Waals surface area (Å²) in [6.07, 6.45) is 0. The van der Waals surface area contributed by atoms with Gasteiger partial charge in [-0.2, -0.15) is 0 Å². The van der Waals surface area contributed by atoms with Crippen molar-refractivity contribution in [3.63, 3.8) is 0 Å². The molecular formula is C8H11N3OS2. The largest absolute Gasteiger partial charge is 0.378 e. The summed E-state index contributed by atoms with van der Waals surface area (Å²) in [5.41, 5.74) is 0.854. The van der Waals surface area contributed by atoms with E-state index in [1.807, 2.05) is 6.92 Å². The van der Waals surface area contributed by atoms with E-state index in [-0.39, 0.29) is 0 Å². The number of morpholine rings is 1. The van der Waals surface area contributed by atoms with Crippen molar-refractivity contribution in [2.75, 3.05) is 31.2 Å². The molecule has 0 aromatic carbocycles. The maximum Gasteiger partial charge on any atom is 0.141 e. The number of anilines is 1. The molecule has 1 aromatic rings. The predicted octanol–water partition coefficient (Wildman–Crippen LogP) is 1.11. The Morgan fingerprint density at radius 3 is 2.86 bits per heavy atom. The van der Waals surface area contributed by atoms with Crippen LogP contribution in [-0.4, -0.2) is 40.8 Å². The van der Waals surface area contributed by atoms with Crippen molar-refractivity contribution in [1.29, 1.82) is 0 Å². The lowest BCUT2D eigenvalue weighted by Gasteiger charge is -2.27. The molecule has 14 heavy (non-hydrogen) atoms. The summed E-state index contributed by atoms with van der Waals surface area (Å²) in [7, 11) is 0. The van der Waals surface area contributed by atoms with Crippen molar-refractivity contribution in [3.05, 3.63) is 5.69 Å². The third kappa shape index (κ3) is 1.92. The Morgan fingerprint density at radius 1 is 1.50 bits per heavy atom. The van der Waals surface area contributed by atoms with Gasteiger partial charge in [-0.25, -0.2) is 0 Å². The number of hydrogen-bond donors (Lipinski definition) is 0. The fraction of sp³-hybridized carbons (Fsp3) is 0.625. The van der Waals surface area contributed by atoms with E-state index in [0.717, 1.165) is 41.9 Å². The molecule has 0 bridgehead atoms. The first-order valence-corrected chi connectivity index (χ1v) is 5.63. The minimum atomic E-state index is 0.772. The summed E-state index contributed by atoms with van der Waals surface area (Å²) in [6.45, 7) is 5.23. The molecule has 2 rings (SSSR count). The molecule has 4 nitrogen and oxygen atoms in total. The summed E-state index contributed by atoms with van der Waals surface area (Å²) >= 11 is 6.52. The van der Waals surface area contributed by atoms with E-state index in [4.69, 9.17) is 17.0 Å². The number of hydrogen-bond acceptors (Lipinski definition) is 6. The van der Waals surface area contributed by atoms with Gasteiger partial charge in [0, 0.05) is 29.5 Å². The third-order valence-electron chi connectivity index (χ3n) is 2.10. The highest BCUT2D eigenvalue weighted by Gasteiger charge is 2.18. The Bertz CT molecular complexity index is 333. The van der Waals surface area contributed by atoms with Gasteiger partial charge in [0.15, 0.2) is 0 Å². The smallest absolute Gasteiger partial charge is 0.141 e. The van der Waals surface area contributed by atoms with Crippen LogP contribution in [0.2, 0.25) is 0 Å². The van der Waals surface area contributed by atoms with Gasteiger partial charge in [-0.15, -0.1) is 5.10 Å². The van der Waals surface area contributed by atoms with Crippen LogP contribution in [-0.2, 0) is 4.74 Å². The minimum absolute atomic E-state index is 0.772. The van der Waals surface area contributed by atoms with Crippen LogP contribution >= 0.6 is 23.8 Å². The highest BCUT2D eigenvalue weighted by atomic mass is 32.1. The second kappa shape index (κ2) is 4.29. The highest BCUT2D eigenvalue weighted by molar-refractivity contribution is 7.80. The quantitative estimate of drug-likeness (QED) is 0.561. The van der Waals surface area contributed by atoms with Crippen molar-refractivity contribution in [1.82, 2.24) is 9.59 Å². The molecule has 0 unspecified atom stereocenters. The van der Waals surface area contributed by atoms with Crippen LogP contribution < -0.4 is 4.90 Å². The van der Waals surface area contributed by atoms with E-state index in [1.54, 1.807) is 0 Å². The number of nitrogens with zero attached hydrogens (tertiary/aromatic N) is 3. The van der Waals surface area contributed by atoms with E-state index >= 15 is 0 Å². The molecule has 6 heteroatoms. The van der Waals surface area contributed by atoms with Gasteiger partial charge in [0.1, 0.15) is 10.7 Å². The zero-order valence-electron chi connectivity index (χ0n) is 7.89. The predicted molar refractivity (Wildman–Crippen MR) is 60.3 cm³/mol. The summed E-state index contributed by atoms with van der Waals surface area (Å²) in [5, 5.41) is 5.12. The molecule has 0 atom stereocenters. The zero-order valence-corrected chi connectivity index (χ0v) is 9.53. The molecule has 1 fully saturated rings. The van der Waals surface area contributed by atoms with Crippen molar-refractivity contribution >= 4 is 33.6 Å². The van der Waals surface area contributed by atoms with Gasteiger partial charge in [-0.3, -0.25) is 0 Å². The van der Waals surface area contributed by atoms with E-state index in [1.165, 1.54) is 11.5 Å². The minimum Gasteiger partial charge on any atom is -0.378 e. The van der Waals surface area contributed by atoms with Gasteiger partial charge in [0.2, 0.25) is 0 Å². The van der Waals surface area contributed by atoms with Gasteiger partial charge in [0.05, 0.1) is 13.2 Å². The number of rotatable bonds is 2. The standard InChI is InChI=1S/C8H11N3OS2/c1-6(13)7-8(14-10-9-7)11-2-4-12-5-3-11/h2-5H2,1H3. The number of thiocarbonyl (C=S) groups is 1. The van der Waals surface area contributed by atoms with Crippen LogP contribution in [0.3, 0.4) is 0 Å². The Morgan fingerprint density at radius 2 is 2.21 bits per heavy atom. The Labute approximate surface area is 92.0 Å². The average Bonchev–Trinajstić information content (AvgIpc) is 2.67. The summed E-state index contributed by atoms with van der Waals surface area (Å²) in [4.78, 5) is 3.04. The van der Waals surface area contributed by atoms with E-state index in [2.05, 4.69) is 14.5 Å². The first-order valence-electron chi connectivity index (χ1n) is 4.45. The molecule has 2 heterocycles. The summed E-state index contributed by atoms with van der Waals surface area (Å²) < 4.78 is 9.23. The second-order valence-corrected chi connectivity index (χ2v) is 4.43. The fourth-order valence-electron chi connectivity index (χ4n) is 1.38. The normalized spacial score (nSPS) is 17.1. The van der Waals surface area contributed by atoms with Crippen molar-refractivity contribution in [3.8, 4) is 0 Å². The molecule has 1 saturated heterocycles. The maximum atomic E-state index is 5.29. The average molecular weight is 229 g/mol. The molecule has 76 valence electrons. The Balaban J connectivity index is 2.21. The first-order chi connectivity index (χ1) is 6.79. The van der Waals surface area contributed by atoms with Gasteiger partial charge >= 0.3 is 0 Å². The lowest BCUT2D eigenvalue weighted by atomic mass is 10.3. The van der Waals surface area contributed by atoms with Crippen LogP contribution in [0.1, 0.15) is 12.6 Å². The van der Waals surface area contributed by atoms with Crippen molar-refractivity contribution in [2.45, 2.75) is 6.92 Å². The highest BCUT2D eigenvalue weighted by Crippen LogP contribution is 2.24. The van der Waals surface area contributed by atoms with E-state index < -0.39 is 0 Å². The number of aromatic nitrogens is 2. The van der Waals surface area contributed by atoms with E-state index in [9.17, 15) is 0 Å². The third-order valence-corrected chi connectivity index (χ3v) is 3.08. The molecule has 0 amide bonds.